The summed E-state index contributed by atoms with van der Waals surface area (Å²) in [5.74, 6) is 0.250. The molecule has 0 saturated carbocycles. The van der Waals surface area contributed by atoms with Crippen molar-refractivity contribution < 1.29 is 4.79 Å². The first-order valence-corrected chi connectivity index (χ1v) is 4.65. The van der Waals surface area contributed by atoms with E-state index < -0.39 is 6.04 Å². The van der Waals surface area contributed by atoms with Crippen LogP contribution in [0.5, 0.6) is 0 Å². The fraction of sp³-hybridized carbons (Fsp3) is 0.556. The van der Waals surface area contributed by atoms with E-state index >= 15 is 0 Å². The number of carbonyl (C=O) groups excluding carboxylic acids is 1. The summed E-state index contributed by atoms with van der Waals surface area (Å²) in [6.07, 6.45) is 3.84. The Kier molecular flexibility index (Phi) is 3.64. The number of nitrogens with two attached hydrogens (primary N) is 1. The van der Waals surface area contributed by atoms with Gasteiger partial charge in [-0.1, -0.05) is 13.8 Å². The Morgan fingerprint density at radius 1 is 1.71 bits per heavy atom. The van der Waals surface area contributed by atoms with E-state index in [2.05, 4.69) is 15.5 Å². The molecule has 4 N–H and O–H groups in total. The molecule has 0 fully saturated rings. The first-order chi connectivity index (χ1) is 6.59. The van der Waals surface area contributed by atoms with Gasteiger partial charge in [0, 0.05) is 6.20 Å². The van der Waals surface area contributed by atoms with Gasteiger partial charge >= 0.3 is 0 Å². The van der Waals surface area contributed by atoms with Crippen molar-refractivity contribution in [2.24, 2.45) is 11.7 Å². The summed E-state index contributed by atoms with van der Waals surface area (Å²) in [7, 11) is 0. The Bertz CT molecular complexity index is 281. The van der Waals surface area contributed by atoms with Crippen molar-refractivity contribution in [3.8, 4) is 0 Å². The molecule has 0 radical (unpaired) electrons. The first kappa shape index (κ1) is 10.7. The lowest BCUT2D eigenvalue weighted by Crippen LogP contribution is -2.36. The lowest BCUT2D eigenvalue weighted by Gasteiger charge is -2.12. The molecular formula is C9H16N4O. The van der Waals surface area contributed by atoms with Crippen LogP contribution in [-0.4, -0.2) is 22.1 Å². The molecule has 14 heavy (non-hydrogen) atoms. The maximum atomic E-state index is 11.5. The topological polar surface area (TPSA) is 83.8 Å². The fourth-order valence-electron chi connectivity index (χ4n) is 1.17. The van der Waals surface area contributed by atoms with Crippen molar-refractivity contribution >= 4 is 11.6 Å². The lowest BCUT2D eigenvalue weighted by atomic mass is 10.0. The summed E-state index contributed by atoms with van der Waals surface area (Å²) in [4.78, 5) is 11.5. The van der Waals surface area contributed by atoms with E-state index in [-0.39, 0.29) is 5.91 Å². The molecule has 1 amide bonds. The molecule has 1 rings (SSSR count). The van der Waals surface area contributed by atoms with Crippen molar-refractivity contribution in [1.29, 1.82) is 0 Å². The molecule has 5 heteroatoms. The van der Waals surface area contributed by atoms with Crippen molar-refractivity contribution in [2.45, 2.75) is 26.3 Å². The summed E-state index contributed by atoms with van der Waals surface area (Å²) >= 11 is 0. The highest BCUT2D eigenvalue weighted by Crippen LogP contribution is 2.06. The SMILES string of the molecule is CC(C)CC(N)C(=O)Nc1cn[nH]c1. The second-order valence-corrected chi connectivity index (χ2v) is 3.71. The number of rotatable bonds is 4. The summed E-state index contributed by atoms with van der Waals surface area (Å²) < 4.78 is 0. The van der Waals surface area contributed by atoms with Crippen molar-refractivity contribution in [3.05, 3.63) is 12.4 Å². The van der Waals surface area contributed by atoms with Crippen LogP contribution in [0.4, 0.5) is 5.69 Å². The number of hydrogen-bond acceptors (Lipinski definition) is 3. The maximum absolute atomic E-state index is 11.5. The van der Waals surface area contributed by atoms with Gasteiger partial charge in [-0.3, -0.25) is 9.89 Å². The Hall–Kier alpha value is -1.36. The number of nitrogens with one attached hydrogen (secondary N) is 2. The van der Waals surface area contributed by atoms with Gasteiger partial charge in [0.1, 0.15) is 0 Å². The average Bonchev–Trinajstić information content (AvgIpc) is 2.55. The van der Waals surface area contributed by atoms with Crippen molar-refractivity contribution in [1.82, 2.24) is 10.2 Å². The van der Waals surface area contributed by atoms with Crippen LogP contribution in [0.3, 0.4) is 0 Å². The molecule has 5 nitrogen and oxygen atoms in total. The van der Waals surface area contributed by atoms with Crippen LogP contribution in [0.1, 0.15) is 20.3 Å². The largest absolute Gasteiger partial charge is 0.322 e. The molecule has 0 bridgehead atoms. The number of aromatic nitrogens is 2. The van der Waals surface area contributed by atoms with Crippen LogP contribution < -0.4 is 11.1 Å². The molecule has 0 aliphatic carbocycles. The Morgan fingerprint density at radius 3 is 2.93 bits per heavy atom. The molecule has 0 spiro atoms. The fourth-order valence-corrected chi connectivity index (χ4v) is 1.17. The third kappa shape index (κ3) is 3.18. The van der Waals surface area contributed by atoms with E-state index in [9.17, 15) is 4.79 Å². The highest BCUT2D eigenvalue weighted by atomic mass is 16.2. The zero-order chi connectivity index (χ0) is 10.6. The third-order valence-corrected chi connectivity index (χ3v) is 1.83. The molecule has 0 saturated heterocycles. The van der Waals surface area contributed by atoms with Crippen LogP contribution in [0.15, 0.2) is 12.4 Å². The lowest BCUT2D eigenvalue weighted by molar-refractivity contribution is -0.117. The highest BCUT2D eigenvalue weighted by molar-refractivity contribution is 5.94. The molecule has 0 aliphatic heterocycles. The predicted octanol–water partition coefficient (Wildman–Crippen LogP) is 0.722. The van der Waals surface area contributed by atoms with Crippen LogP contribution >= 0.6 is 0 Å². The number of aromatic amines is 1. The average molecular weight is 196 g/mol. The minimum Gasteiger partial charge on any atom is -0.322 e. The summed E-state index contributed by atoms with van der Waals surface area (Å²) in [6.45, 7) is 4.07. The van der Waals surface area contributed by atoms with E-state index in [0.29, 0.717) is 18.0 Å². The maximum Gasteiger partial charge on any atom is 0.241 e. The standard InChI is InChI=1S/C9H16N4O/c1-6(2)3-8(10)9(14)13-7-4-11-12-5-7/h4-6,8H,3,10H2,1-2H3,(H,11,12)(H,13,14). The van der Waals surface area contributed by atoms with E-state index in [1.807, 2.05) is 13.8 Å². The molecule has 1 aromatic rings. The Labute approximate surface area is 83.1 Å². The van der Waals surface area contributed by atoms with E-state index in [4.69, 9.17) is 5.73 Å². The van der Waals surface area contributed by atoms with Gasteiger partial charge in [0.05, 0.1) is 17.9 Å². The van der Waals surface area contributed by atoms with Crippen molar-refractivity contribution in [2.75, 3.05) is 5.32 Å². The zero-order valence-electron chi connectivity index (χ0n) is 8.45. The third-order valence-electron chi connectivity index (χ3n) is 1.83. The second-order valence-electron chi connectivity index (χ2n) is 3.71. The highest BCUT2D eigenvalue weighted by Gasteiger charge is 2.14. The molecule has 1 aromatic heterocycles. The van der Waals surface area contributed by atoms with Crippen LogP contribution in [0.2, 0.25) is 0 Å². The number of anilines is 1. The normalized spacial score (nSPS) is 12.9. The quantitative estimate of drug-likeness (QED) is 0.663. The zero-order valence-corrected chi connectivity index (χ0v) is 8.45. The second kappa shape index (κ2) is 4.76. The minimum absolute atomic E-state index is 0.167. The van der Waals surface area contributed by atoms with Gasteiger partial charge in [-0.25, -0.2) is 0 Å². The first-order valence-electron chi connectivity index (χ1n) is 4.65. The van der Waals surface area contributed by atoms with Gasteiger partial charge in [0.2, 0.25) is 5.91 Å². The Balaban J connectivity index is 2.42. The number of nitrogens with zero attached hydrogens (tertiary/aromatic N) is 1. The smallest absolute Gasteiger partial charge is 0.241 e. The van der Waals surface area contributed by atoms with Gasteiger partial charge in [0.25, 0.3) is 0 Å². The minimum atomic E-state index is -0.454. The number of amides is 1. The predicted molar refractivity (Wildman–Crippen MR) is 54.6 cm³/mol. The summed E-state index contributed by atoms with van der Waals surface area (Å²) in [5, 5.41) is 8.99. The molecule has 1 heterocycles. The Morgan fingerprint density at radius 2 is 2.43 bits per heavy atom. The van der Waals surface area contributed by atoms with E-state index in [1.165, 1.54) is 0 Å². The molecule has 78 valence electrons. The molecular weight excluding hydrogens is 180 g/mol. The van der Waals surface area contributed by atoms with Gasteiger partial charge < -0.3 is 11.1 Å². The summed E-state index contributed by atoms with van der Waals surface area (Å²) in [6, 6.07) is -0.454. The molecule has 0 aromatic carbocycles. The van der Waals surface area contributed by atoms with Gasteiger partial charge in [0.15, 0.2) is 0 Å². The number of carbonyl (C=O) groups is 1. The number of hydrogen-bond donors (Lipinski definition) is 3. The number of H-pyrrole nitrogens is 1. The monoisotopic (exact) mass is 196 g/mol. The van der Waals surface area contributed by atoms with Gasteiger partial charge in [-0.2, -0.15) is 5.10 Å². The summed E-state index contributed by atoms with van der Waals surface area (Å²) in [5.41, 5.74) is 6.34. The molecule has 0 aliphatic rings. The molecule has 1 atom stereocenters. The van der Waals surface area contributed by atoms with E-state index in [1.54, 1.807) is 12.4 Å². The van der Waals surface area contributed by atoms with Crippen LogP contribution in [0, 0.1) is 5.92 Å². The van der Waals surface area contributed by atoms with Gasteiger partial charge in [-0.05, 0) is 12.3 Å². The van der Waals surface area contributed by atoms with Crippen LogP contribution in [-0.2, 0) is 4.79 Å². The van der Waals surface area contributed by atoms with Crippen LogP contribution in [0.25, 0.3) is 0 Å². The molecule has 1 unspecified atom stereocenters. The van der Waals surface area contributed by atoms with Crippen molar-refractivity contribution in [3.63, 3.8) is 0 Å². The van der Waals surface area contributed by atoms with E-state index in [0.717, 1.165) is 0 Å². The van der Waals surface area contributed by atoms with Gasteiger partial charge in [-0.15, -0.1) is 0 Å².